The van der Waals surface area contributed by atoms with Gasteiger partial charge in [-0.3, -0.25) is 19.1 Å². The first-order valence-corrected chi connectivity index (χ1v) is 7.23. The van der Waals surface area contributed by atoms with Crippen LogP contribution in [0.15, 0.2) is 22.2 Å². The van der Waals surface area contributed by atoms with Gasteiger partial charge in [-0.05, 0) is 0 Å². The summed E-state index contributed by atoms with van der Waals surface area (Å²) in [5.74, 6) is -1.01. The van der Waals surface area contributed by atoms with E-state index in [1.807, 2.05) is 0 Å². The van der Waals surface area contributed by atoms with Crippen LogP contribution in [0, 0.1) is 5.92 Å². The van der Waals surface area contributed by atoms with E-state index in [0.717, 1.165) is 4.57 Å². The number of rotatable bonds is 3. The fourth-order valence-electron chi connectivity index (χ4n) is 2.54. The molecule has 1 saturated heterocycles. The lowest BCUT2D eigenvalue weighted by Gasteiger charge is -2.17. The third-order valence-corrected chi connectivity index (χ3v) is 4.51. The molecule has 0 amide bonds. The Hall–Kier alpha value is -2.04. The average molecular weight is 328 g/mol. The molecule has 22 heavy (non-hydrogen) atoms. The topological polar surface area (TPSA) is 123 Å². The molecule has 0 aromatic carbocycles. The molecule has 0 bridgehead atoms. The Morgan fingerprint density at radius 2 is 2.32 bits per heavy atom. The fraction of sp³-hybridized carbons (Fsp3) is 0.417. The molecule has 0 radical (unpaired) electrons. The number of ether oxygens (including phenoxy) is 1. The van der Waals surface area contributed by atoms with Crippen molar-refractivity contribution in [1.29, 1.82) is 0 Å². The number of nitrogens with one attached hydrogen (secondary N) is 1. The monoisotopic (exact) mass is 328 g/mol. The van der Waals surface area contributed by atoms with Crippen LogP contribution in [0.25, 0.3) is 10.3 Å². The van der Waals surface area contributed by atoms with Crippen molar-refractivity contribution in [2.45, 2.75) is 18.5 Å². The maximum atomic E-state index is 14.2. The SMILES string of the molecule is C=C[C@@H]1[C@@H](F)[C@@H](CO)O[C@H]1n1c(=O)sc2c(=O)[nH]c(N)nc21. The van der Waals surface area contributed by atoms with E-state index in [2.05, 4.69) is 16.5 Å². The molecule has 2 aromatic heterocycles. The van der Waals surface area contributed by atoms with Crippen molar-refractivity contribution in [3.05, 3.63) is 32.7 Å². The molecule has 1 aliphatic rings. The molecule has 0 saturated carbocycles. The number of nitrogens with two attached hydrogens (primary N) is 1. The van der Waals surface area contributed by atoms with Crippen LogP contribution in [0.3, 0.4) is 0 Å². The standard InChI is InChI=1S/C12H13FN4O4S/c1-2-4-6(13)5(3-18)21-10(4)17-8-7(22-12(17)20)9(19)16-11(14)15-8/h2,4-6,10,18H,1,3H2,(H3,14,15,16,19)/t4-,5-,6-,10-/m1/s1. The zero-order chi connectivity index (χ0) is 16.0. The van der Waals surface area contributed by atoms with Gasteiger partial charge >= 0.3 is 4.87 Å². The van der Waals surface area contributed by atoms with Gasteiger partial charge < -0.3 is 15.6 Å². The summed E-state index contributed by atoms with van der Waals surface area (Å²) in [5.41, 5.74) is 4.97. The normalized spacial score (nSPS) is 28.3. The summed E-state index contributed by atoms with van der Waals surface area (Å²) < 4.78 is 20.8. The van der Waals surface area contributed by atoms with Crippen LogP contribution < -0.4 is 16.2 Å². The number of nitrogens with zero attached hydrogens (tertiary/aromatic N) is 2. The van der Waals surface area contributed by atoms with Crippen LogP contribution >= 0.6 is 11.3 Å². The van der Waals surface area contributed by atoms with Crippen molar-refractivity contribution < 1.29 is 14.2 Å². The van der Waals surface area contributed by atoms with Crippen molar-refractivity contribution in [3.63, 3.8) is 0 Å². The quantitative estimate of drug-likeness (QED) is 0.668. The molecule has 4 atom stereocenters. The largest absolute Gasteiger partial charge is 0.394 e. The van der Waals surface area contributed by atoms with Crippen molar-refractivity contribution in [3.8, 4) is 0 Å². The highest BCUT2D eigenvalue weighted by atomic mass is 32.1. The van der Waals surface area contributed by atoms with Crippen molar-refractivity contribution in [2.24, 2.45) is 5.92 Å². The minimum Gasteiger partial charge on any atom is -0.394 e. The number of alkyl halides is 1. The second-order valence-electron chi connectivity index (χ2n) is 4.85. The number of hydrogen-bond donors (Lipinski definition) is 3. The molecule has 3 heterocycles. The van der Waals surface area contributed by atoms with E-state index < -0.39 is 41.5 Å². The highest BCUT2D eigenvalue weighted by molar-refractivity contribution is 7.16. The molecule has 10 heteroatoms. The molecule has 2 aromatic rings. The number of H-pyrrole nitrogens is 1. The van der Waals surface area contributed by atoms with Gasteiger partial charge in [0.2, 0.25) is 5.95 Å². The Balaban J connectivity index is 2.22. The van der Waals surface area contributed by atoms with E-state index in [1.165, 1.54) is 6.08 Å². The van der Waals surface area contributed by atoms with Gasteiger partial charge in [-0.2, -0.15) is 4.98 Å². The summed E-state index contributed by atoms with van der Waals surface area (Å²) in [6.45, 7) is 3.01. The second-order valence-corrected chi connectivity index (χ2v) is 5.81. The number of halogens is 1. The Labute approximate surface area is 126 Å². The lowest BCUT2D eigenvalue weighted by molar-refractivity contribution is -0.0360. The number of aromatic amines is 1. The van der Waals surface area contributed by atoms with Gasteiger partial charge in [-0.25, -0.2) is 4.39 Å². The van der Waals surface area contributed by atoms with Crippen LogP contribution in [0.2, 0.25) is 0 Å². The first-order valence-electron chi connectivity index (χ1n) is 6.41. The molecule has 8 nitrogen and oxygen atoms in total. The third-order valence-electron chi connectivity index (χ3n) is 3.56. The summed E-state index contributed by atoms with van der Waals surface area (Å²) in [5, 5.41) is 9.16. The average Bonchev–Trinajstić information content (AvgIpc) is 2.95. The molecule has 118 valence electrons. The van der Waals surface area contributed by atoms with Crippen LogP contribution in [-0.2, 0) is 4.74 Å². The smallest absolute Gasteiger partial charge is 0.311 e. The number of anilines is 1. The first kappa shape index (κ1) is 14.9. The minimum atomic E-state index is -1.52. The first-order chi connectivity index (χ1) is 10.5. The molecular weight excluding hydrogens is 315 g/mol. The van der Waals surface area contributed by atoms with Crippen molar-refractivity contribution >= 4 is 27.6 Å². The van der Waals surface area contributed by atoms with E-state index in [4.69, 9.17) is 15.6 Å². The number of nitrogen functional groups attached to an aromatic ring is 1. The molecule has 4 N–H and O–H groups in total. The summed E-state index contributed by atoms with van der Waals surface area (Å²) >= 11 is 0.670. The van der Waals surface area contributed by atoms with Crippen LogP contribution in [-0.4, -0.2) is 38.5 Å². The van der Waals surface area contributed by atoms with Gasteiger partial charge in [0.25, 0.3) is 5.56 Å². The van der Waals surface area contributed by atoms with Gasteiger partial charge in [-0.15, -0.1) is 6.58 Å². The van der Waals surface area contributed by atoms with Crippen molar-refractivity contribution in [2.75, 3.05) is 12.3 Å². The van der Waals surface area contributed by atoms with Gasteiger partial charge in [-0.1, -0.05) is 17.4 Å². The van der Waals surface area contributed by atoms with Gasteiger partial charge in [0.1, 0.15) is 23.2 Å². The van der Waals surface area contributed by atoms with Gasteiger partial charge in [0.15, 0.2) is 5.65 Å². The maximum absolute atomic E-state index is 14.2. The highest BCUT2D eigenvalue weighted by Crippen LogP contribution is 2.38. The molecule has 0 unspecified atom stereocenters. The summed E-state index contributed by atoms with van der Waals surface area (Å²) in [4.78, 5) is 29.7. The maximum Gasteiger partial charge on any atom is 0.311 e. The zero-order valence-corrected chi connectivity index (χ0v) is 12.0. The van der Waals surface area contributed by atoms with Gasteiger partial charge in [0, 0.05) is 0 Å². The Morgan fingerprint density at radius 3 is 2.95 bits per heavy atom. The molecule has 0 aliphatic carbocycles. The predicted molar refractivity (Wildman–Crippen MR) is 78.5 cm³/mol. The van der Waals surface area contributed by atoms with Crippen LogP contribution in [0.5, 0.6) is 0 Å². The Kier molecular flexibility index (Phi) is 3.59. The summed E-state index contributed by atoms with van der Waals surface area (Å²) in [6, 6.07) is 0. The van der Waals surface area contributed by atoms with Crippen LogP contribution in [0.4, 0.5) is 10.3 Å². The number of aliphatic hydroxyl groups is 1. The lowest BCUT2D eigenvalue weighted by Crippen LogP contribution is -2.26. The third kappa shape index (κ3) is 2.07. The summed E-state index contributed by atoms with van der Waals surface area (Å²) in [7, 11) is 0. The Morgan fingerprint density at radius 1 is 1.59 bits per heavy atom. The van der Waals surface area contributed by atoms with E-state index in [0.29, 0.717) is 11.3 Å². The fourth-order valence-corrected chi connectivity index (χ4v) is 3.39. The van der Waals surface area contributed by atoms with E-state index in [1.54, 1.807) is 0 Å². The van der Waals surface area contributed by atoms with E-state index in [-0.39, 0.29) is 16.3 Å². The number of hydrogen-bond acceptors (Lipinski definition) is 7. The lowest BCUT2D eigenvalue weighted by atomic mass is 10.0. The number of aliphatic hydroxyl groups excluding tert-OH is 1. The number of fused-ring (bicyclic) bond motifs is 1. The minimum absolute atomic E-state index is 0.0267. The van der Waals surface area contributed by atoms with E-state index >= 15 is 0 Å². The number of thiazole rings is 1. The van der Waals surface area contributed by atoms with E-state index in [9.17, 15) is 14.0 Å². The molecular formula is C12H13FN4O4S. The Bertz CT molecular complexity index is 844. The highest BCUT2D eigenvalue weighted by Gasteiger charge is 2.45. The summed E-state index contributed by atoms with van der Waals surface area (Å²) in [6.07, 6.45) is -2.32. The molecule has 1 aliphatic heterocycles. The second kappa shape index (κ2) is 5.30. The van der Waals surface area contributed by atoms with Crippen molar-refractivity contribution in [1.82, 2.24) is 14.5 Å². The van der Waals surface area contributed by atoms with Gasteiger partial charge in [0.05, 0.1) is 12.5 Å². The zero-order valence-electron chi connectivity index (χ0n) is 11.2. The number of aromatic nitrogens is 3. The molecule has 3 rings (SSSR count). The predicted octanol–water partition coefficient (Wildman–Crippen LogP) is -0.241. The molecule has 1 fully saturated rings. The van der Waals surface area contributed by atoms with Crippen LogP contribution in [0.1, 0.15) is 6.23 Å². The molecule has 0 spiro atoms.